The number of hydrogen-bond acceptors (Lipinski definition) is 3. The third-order valence-corrected chi connectivity index (χ3v) is 3.88. The molecule has 0 aromatic heterocycles. The molecular formula is C13H19BrN2O2. The molecule has 0 heterocycles. The summed E-state index contributed by atoms with van der Waals surface area (Å²) in [6.07, 6.45) is 3.34. The first-order chi connectivity index (χ1) is 8.60. The lowest BCUT2D eigenvalue weighted by molar-refractivity contribution is -0.385. The second-order valence-corrected chi connectivity index (χ2v) is 5.08. The van der Waals surface area contributed by atoms with Crippen molar-refractivity contribution < 1.29 is 4.92 Å². The van der Waals surface area contributed by atoms with Gasteiger partial charge in [0.2, 0.25) is 0 Å². The quantitative estimate of drug-likeness (QED) is 0.610. The van der Waals surface area contributed by atoms with Crippen LogP contribution in [0.4, 0.5) is 5.69 Å². The predicted molar refractivity (Wildman–Crippen MR) is 76.6 cm³/mol. The third kappa shape index (κ3) is 4.07. The van der Waals surface area contributed by atoms with Gasteiger partial charge in [-0.15, -0.1) is 0 Å². The monoisotopic (exact) mass is 314 g/mol. The number of nitrogens with zero attached hydrogens (tertiary/aromatic N) is 1. The topological polar surface area (TPSA) is 55.2 Å². The van der Waals surface area contributed by atoms with E-state index in [1.807, 2.05) is 6.07 Å². The Hall–Kier alpha value is -0.940. The fraction of sp³-hybridized carbons (Fsp3) is 0.538. The van der Waals surface area contributed by atoms with Gasteiger partial charge in [-0.25, -0.2) is 0 Å². The zero-order chi connectivity index (χ0) is 13.5. The maximum atomic E-state index is 10.8. The Kier molecular flexibility index (Phi) is 6.29. The summed E-state index contributed by atoms with van der Waals surface area (Å²) in [5.41, 5.74) is 1.05. The zero-order valence-electron chi connectivity index (χ0n) is 10.8. The number of nitro groups is 1. The maximum absolute atomic E-state index is 10.8. The van der Waals surface area contributed by atoms with Gasteiger partial charge in [0.25, 0.3) is 5.69 Å². The van der Waals surface area contributed by atoms with Gasteiger partial charge < -0.3 is 5.32 Å². The van der Waals surface area contributed by atoms with E-state index < -0.39 is 0 Å². The molecule has 0 aliphatic rings. The van der Waals surface area contributed by atoms with E-state index in [1.165, 1.54) is 6.07 Å². The number of rotatable bonds is 7. The van der Waals surface area contributed by atoms with Gasteiger partial charge in [0, 0.05) is 18.7 Å². The largest absolute Gasteiger partial charge is 0.310 e. The van der Waals surface area contributed by atoms with Gasteiger partial charge in [0.1, 0.15) is 0 Å². The van der Waals surface area contributed by atoms with Crippen LogP contribution in [0.5, 0.6) is 0 Å². The molecule has 0 aliphatic heterocycles. The van der Waals surface area contributed by atoms with Crippen LogP contribution in [0.2, 0.25) is 0 Å². The minimum absolute atomic E-state index is 0.123. The average molecular weight is 315 g/mol. The molecule has 1 unspecified atom stereocenters. The molecule has 0 bridgehead atoms. The SMILES string of the molecule is CCCC(CC)NCc1cccc([N+](=O)[O-])c1Br. The van der Waals surface area contributed by atoms with Crippen molar-refractivity contribution in [1.29, 1.82) is 0 Å². The van der Waals surface area contributed by atoms with E-state index in [9.17, 15) is 10.1 Å². The van der Waals surface area contributed by atoms with E-state index >= 15 is 0 Å². The first kappa shape index (κ1) is 15.1. The lowest BCUT2D eigenvalue weighted by atomic mass is 10.1. The van der Waals surface area contributed by atoms with Crippen molar-refractivity contribution in [3.05, 3.63) is 38.3 Å². The smallest absolute Gasteiger partial charge is 0.283 e. The molecular weight excluding hydrogens is 296 g/mol. The fourth-order valence-electron chi connectivity index (χ4n) is 1.90. The Balaban J connectivity index is 2.73. The van der Waals surface area contributed by atoms with Crippen LogP contribution in [0.1, 0.15) is 38.7 Å². The highest BCUT2D eigenvalue weighted by Crippen LogP contribution is 2.28. The maximum Gasteiger partial charge on any atom is 0.283 e. The van der Waals surface area contributed by atoms with Crippen molar-refractivity contribution in [2.24, 2.45) is 0 Å². The molecule has 0 aliphatic carbocycles. The van der Waals surface area contributed by atoms with Gasteiger partial charge in [-0.3, -0.25) is 10.1 Å². The molecule has 1 aromatic rings. The van der Waals surface area contributed by atoms with Gasteiger partial charge in [0.15, 0.2) is 0 Å². The lowest BCUT2D eigenvalue weighted by Gasteiger charge is -2.16. The van der Waals surface area contributed by atoms with Crippen molar-refractivity contribution >= 4 is 21.6 Å². The van der Waals surface area contributed by atoms with Crippen LogP contribution in [0.15, 0.2) is 22.7 Å². The van der Waals surface area contributed by atoms with Crippen LogP contribution in [0.25, 0.3) is 0 Å². The third-order valence-electron chi connectivity index (χ3n) is 2.97. The number of hydrogen-bond donors (Lipinski definition) is 1. The molecule has 1 rings (SSSR count). The average Bonchev–Trinajstić information content (AvgIpc) is 2.35. The molecule has 0 fully saturated rings. The van der Waals surface area contributed by atoms with Crippen LogP contribution < -0.4 is 5.32 Å². The summed E-state index contributed by atoms with van der Waals surface area (Å²) in [7, 11) is 0. The van der Waals surface area contributed by atoms with E-state index in [4.69, 9.17) is 0 Å². The first-order valence-corrected chi connectivity index (χ1v) is 7.04. The van der Waals surface area contributed by atoms with Gasteiger partial charge in [-0.1, -0.05) is 32.4 Å². The van der Waals surface area contributed by atoms with E-state index in [2.05, 4.69) is 35.1 Å². The molecule has 5 heteroatoms. The summed E-state index contributed by atoms with van der Waals surface area (Å²) < 4.78 is 0.578. The molecule has 1 aromatic carbocycles. The van der Waals surface area contributed by atoms with Gasteiger partial charge in [0.05, 0.1) is 9.40 Å². The second kappa shape index (κ2) is 7.48. The zero-order valence-corrected chi connectivity index (χ0v) is 12.4. The Morgan fingerprint density at radius 1 is 1.44 bits per heavy atom. The first-order valence-electron chi connectivity index (χ1n) is 6.25. The van der Waals surface area contributed by atoms with E-state index in [0.29, 0.717) is 17.1 Å². The van der Waals surface area contributed by atoms with Crippen LogP contribution in [-0.2, 0) is 6.54 Å². The number of halogens is 1. The minimum atomic E-state index is -0.364. The molecule has 4 nitrogen and oxygen atoms in total. The highest BCUT2D eigenvalue weighted by atomic mass is 79.9. The summed E-state index contributed by atoms with van der Waals surface area (Å²) in [5.74, 6) is 0. The Bertz CT molecular complexity index is 410. The molecule has 0 amide bonds. The molecule has 0 saturated carbocycles. The summed E-state index contributed by atoms with van der Waals surface area (Å²) in [6.45, 7) is 4.96. The Morgan fingerprint density at radius 2 is 2.17 bits per heavy atom. The molecule has 18 heavy (non-hydrogen) atoms. The van der Waals surface area contributed by atoms with Crippen LogP contribution in [0.3, 0.4) is 0 Å². The fourth-order valence-corrected chi connectivity index (χ4v) is 2.45. The molecule has 1 N–H and O–H groups in total. The van der Waals surface area contributed by atoms with Crippen molar-refractivity contribution in [3.8, 4) is 0 Å². The second-order valence-electron chi connectivity index (χ2n) is 4.28. The summed E-state index contributed by atoms with van der Waals surface area (Å²) in [5, 5.41) is 14.3. The number of nitrogens with one attached hydrogen (secondary N) is 1. The van der Waals surface area contributed by atoms with Gasteiger partial charge >= 0.3 is 0 Å². The van der Waals surface area contributed by atoms with Crippen LogP contribution in [-0.4, -0.2) is 11.0 Å². The standard InChI is InChI=1S/C13H19BrN2O2/c1-3-6-11(4-2)15-9-10-7-5-8-12(13(10)14)16(17)18/h5,7-8,11,15H,3-4,6,9H2,1-2H3. The molecule has 0 radical (unpaired) electrons. The molecule has 100 valence electrons. The van der Waals surface area contributed by atoms with Crippen LogP contribution in [0, 0.1) is 10.1 Å². The van der Waals surface area contributed by atoms with E-state index in [1.54, 1.807) is 6.07 Å². The summed E-state index contributed by atoms with van der Waals surface area (Å²) in [6, 6.07) is 5.61. The van der Waals surface area contributed by atoms with Crippen molar-refractivity contribution in [2.45, 2.75) is 45.7 Å². The normalized spacial score (nSPS) is 12.4. The van der Waals surface area contributed by atoms with Crippen LogP contribution >= 0.6 is 15.9 Å². The van der Waals surface area contributed by atoms with Crippen molar-refractivity contribution in [2.75, 3.05) is 0 Å². The number of nitro benzene ring substituents is 1. The Labute approximate surface area is 116 Å². The van der Waals surface area contributed by atoms with Crippen molar-refractivity contribution in [1.82, 2.24) is 5.32 Å². The highest BCUT2D eigenvalue weighted by molar-refractivity contribution is 9.10. The van der Waals surface area contributed by atoms with Gasteiger partial charge in [-0.2, -0.15) is 0 Å². The summed E-state index contributed by atoms with van der Waals surface area (Å²) in [4.78, 5) is 10.5. The Morgan fingerprint density at radius 3 is 2.72 bits per heavy atom. The molecule has 0 spiro atoms. The van der Waals surface area contributed by atoms with E-state index in [-0.39, 0.29) is 10.6 Å². The minimum Gasteiger partial charge on any atom is -0.310 e. The predicted octanol–water partition coefficient (Wildman–Crippen LogP) is 4.03. The van der Waals surface area contributed by atoms with Crippen molar-refractivity contribution in [3.63, 3.8) is 0 Å². The van der Waals surface area contributed by atoms with E-state index in [0.717, 1.165) is 24.8 Å². The molecule has 1 atom stereocenters. The highest BCUT2D eigenvalue weighted by Gasteiger charge is 2.15. The lowest BCUT2D eigenvalue weighted by Crippen LogP contribution is -2.27. The molecule has 0 saturated heterocycles. The number of benzene rings is 1. The summed E-state index contributed by atoms with van der Waals surface area (Å²) >= 11 is 3.31. The van der Waals surface area contributed by atoms with Gasteiger partial charge in [-0.05, 0) is 34.3 Å².